The van der Waals surface area contributed by atoms with Gasteiger partial charge in [-0.2, -0.15) is 0 Å². The number of hydrogen-bond acceptors (Lipinski definition) is 6. The predicted molar refractivity (Wildman–Crippen MR) is 115 cm³/mol. The zero-order chi connectivity index (χ0) is 22.3. The van der Waals surface area contributed by atoms with Crippen molar-refractivity contribution in [2.24, 2.45) is 5.92 Å². The molecule has 1 aromatic carbocycles. The topological polar surface area (TPSA) is 102 Å². The second kappa shape index (κ2) is 10.0. The van der Waals surface area contributed by atoms with Crippen molar-refractivity contribution in [2.45, 2.75) is 52.7 Å². The highest BCUT2D eigenvalue weighted by Crippen LogP contribution is 2.31. The largest absolute Gasteiger partial charge is 0.496 e. The Morgan fingerprint density at radius 3 is 2.47 bits per heavy atom. The summed E-state index contributed by atoms with van der Waals surface area (Å²) in [7, 11) is 1.55. The molecule has 1 heterocycles. The van der Waals surface area contributed by atoms with Crippen molar-refractivity contribution < 1.29 is 19.1 Å². The molecule has 2 N–H and O–H groups in total. The first-order chi connectivity index (χ1) is 14.1. The van der Waals surface area contributed by atoms with Crippen molar-refractivity contribution >= 4 is 17.7 Å². The van der Waals surface area contributed by atoms with E-state index in [2.05, 4.69) is 20.6 Å². The average Bonchev–Trinajstić information content (AvgIpc) is 2.66. The first kappa shape index (κ1) is 23.1. The molecule has 0 fully saturated rings. The van der Waals surface area contributed by atoms with E-state index in [0.29, 0.717) is 23.6 Å². The number of methoxy groups -OCH3 is 1. The van der Waals surface area contributed by atoms with E-state index in [0.717, 1.165) is 5.56 Å². The van der Waals surface area contributed by atoms with Crippen LogP contribution in [0.2, 0.25) is 0 Å². The Bertz CT molecular complexity index is 863. The average molecular weight is 415 g/mol. The summed E-state index contributed by atoms with van der Waals surface area (Å²) in [5, 5.41) is 5.52. The predicted octanol–water partition coefficient (Wildman–Crippen LogP) is 4.03. The summed E-state index contributed by atoms with van der Waals surface area (Å²) >= 11 is 0. The third-order valence-electron chi connectivity index (χ3n) is 4.04. The van der Waals surface area contributed by atoms with Crippen molar-refractivity contribution in [3.8, 4) is 17.0 Å². The molecular weight excluding hydrogens is 384 g/mol. The molecule has 2 rings (SSSR count). The molecule has 2 aromatic rings. The molecule has 162 valence electrons. The highest BCUT2D eigenvalue weighted by molar-refractivity contribution is 5.97. The normalized spacial score (nSPS) is 12.2. The number of carbonyl (C=O) groups excluding carboxylic acids is 2. The molecule has 0 saturated carbocycles. The molecule has 8 heteroatoms. The molecule has 0 aliphatic carbocycles. The zero-order valence-corrected chi connectivity index (χ0v) is 18.4. The zero-order valence-electron chi connectivity index (χ0n) is 18.4. The van der Waals surface area contributed by atoms with Gasteiger partial charge in [0.25, 0.3) is 0 Å². The maximum atomic E-state index is 12.9. The Balaban J connectivity index is 2.17. The summed E-state index contributed by atoms with van der Waals surface area (Å²) in [5.74, 6) is 0.434. The van der Waals surface area contributed by atoms with E-state index in [-0.39, 0.29) is 11.8 Å². The Hall–Kier alpha value is -3.16. The minimum atomic E-state index is -0.729. The fraction of sp³-hybridized carbons (Fsp3) is 0.455. The Morgan fingerprint density at radius 1 is 1.17 bits per heavy atom. The van der Waals surface area contributed by atoms with Crippen LogP contribution in [0.3, 0.4) is 0 Å². The molecule has 0 unspecified atom stereocenters. The van der Waals surface area contributed by atoms with E-state index in [1.54, 1.807) is 52.3 Å². The monoisotopic (exact) mass is 414 g/mol. The number of benzene rings is 1. The van der Waals surface area contributed by atoms with Gasteiger partial charge in [0.2, 0.25) is 5.91 Å². The minimum absolute atomic E-state index is 0.199. The van der Waals surface area contributed by atoms with E-state index in [9.17, 15) is 9.59 Å². The standard InChI is InChI=1S/C22H30N4O4/c1-14(2)11-18(26-21(28)30-22(3,4)5)20(27)25-15-7-8-16(19(12-15)29-6)17-9-10-23-13-24-17/h7-10,12-14,18H,11H2,1-6H3,(H,25,27)(H,26,28)/t18-/m1/s1. The molecule has 1 aromatic heterocycles. The van der Waals surface area contributed by atoms with Gasteiger partial charge in [-0.1, -0.05) is 13.8 Å². The van der Waals surface area contributed by atoms with Gasteiger partial charge in [-0.15, -0.1) is 0 Å². The molecule has 30 heavy (non-hydrogen) atoms. The SMILES string of the molecule is COc1cc(NC(=O)[C@@H](CC(C)C)NC(=O)OC(C)(C)C)ccc1-c1ccncn1. The first-order valence-corrected chi connectivity index (χ1v) is 9.84. The Labute approximate surface area is 177 Å². The van der Waals surface area contributed by atoms with Gasteiger partial charge in [-0.3, -0.25) is 4.79 Å². The highest BCUT2D eigenvalue weighted by Gasteiger charge is 2.25. The number of nitrogens with one attached hydrogen (secondary N) is 2. The van der Waals surface area contributed by atoms with Crippen LogP contribution in [0.15, 0.2) is 36.8 Å². The number of nitrogens with zero attached hydrogens (tertiary/aromatic N) is 2. The van der Waals surface area contributed by atoms with Crippen molar-refractivity contribution in [3.05, 3.63) is 36.8 Å². The molecule has 8 nitrogen and oxygen atoms in total. The van der Waals surface area contributed by atoms with Gasteiger partial charge >= 0.3 is 6.09 Å². The summed E-state index contributed by atoms with van der Waals surface area (Å²) in [6, 6.07) is 6.34. The third kappa shape index (κ3) is 7.02. The van der Waals surface area contributed by atoms with Crippen molar-refractivity contribution in [2.75, 3.05) is 12.4 Å². The van der Waals surface area contributed by atoms with Crippen LogP contribution in [0, 0.1) is 5.92 Å². The van der Waals surface area contributed by atoms with Gasteiger partial charge in [-0.05, 0) is 51.3 Å². The van der Waals surface area contributed by atoms with Gasteiger partial charge < -0.3 is 20.1 Å². The Kier molecular flexibility index (Phi) is 7.74. The van der Waals surface area contributed by atoms with Crippen molar-refractivity contribution in [1.29, 1.82) is 0 Å². The van der Waals surface area contributed by atoms with Crippen LogP contribution in [0.4, 0.5) is 10.5 Å². The quantitative estimate of drug-likeness (QED) is 0.709. The smallest absolute Gasteiger partial charge is 0.408 e. The number of anilines is 1. The fourth-order valence-electron chi connectivity index (χ4n) is 2.81. The number of amides is 2. The lowest BCUT2D eigenvalue weighted by atomic mass is 10.0. The lowest BCUT2D eigenvalue weighted by Gasteiger charge is -2.24. The van der Waals surface area contributed by atoms with Gasteiger partial charge in [0.05, 0.1) is 12.8 Å². The van der Waals surface area contributed by atoms with E-state index in [1.165, 1.54) is 6.33 Å². The minimum Gasteiger partial charge on any atom is -0.496 e. The van der Waals surface area contributed by atoms with Crippen LogP contribution in [0.25, 0.3) is 11.3 Å². The van der Waals surface area contributed by atoms with Crippen LogP contribution >= 0.6 is 0 Å². The summed E-state index contributed by atoms with van der Waals surface area (Å²) in [5.41, 5.74) is 1.40. The maximum absolute atomic E-state index is 12.9. The van der Waals surface area contributed by atoms with Gasteiger partial charge in [0, 0.05) is 23.5 Å². The van der Waals surface area contributed by atoms with Crippen LogP contribution in [0.1, 0.15) is 41.0 Å². The lowest BCUT2D eigenvalue weighted by molar-refractivity contribution is -0.118. The van der Waals surface area contributed by atoms with Gasteiger partial charge in [0.1, 0.15) is 23.7 Å². The number of aromatic nitrogens is 2. The second-order valence-corrected chi connectivity index (χ2v) is 8.33. The number of rotatable bonds is 7. The number of alkyl carbamates (subject to hydrolysis) is 1. The molecule has 1 atom stereocenters. The number of carbonyl (C=O) groups is 2. The molecule has 0 bridgehead atoms. The number of ether oxygens (including phenoxy) is 2. The van der Waals surface area contributed by atoms with E-state index >= 15 is 0 Å². The highest BCUT2D eigenvalue weighted by atomic mass is 16.6. The maximum Gasteiger partial charge on any atom is 0.408 e. The summed E-state index contributed by atoms with van der Waals surface area (Å²) in [6.45, 7) is 9.29. The summed E-state index contributed by atoms with van der Waals surface area (Å²) in [6.07, 6.45) is 2.96. The van der Waals surface area contributed by atoms with Crippen LogP contribution in [-0.2, 0) is 9.53 Å². The first-order valence-electron chi connectivity index (χ1n) is 9.84. The van der Waals surface area contributed by atoms with E-state index in [4.69, 9.17) is 9.47 Å². The second-order valence-electron chi connectivity index (χ2n) is 8.33. The molecular formula is C22H30N4O4. The van der Waals surface area contributed by atoms with Crippen LogP contribution in [-0.4, -0.2) is 40.7 Å². The van der Waals surface area contributed by atoms with Crippen molar-refractivity contribution in [1.82, 2.24) is 15.3 Å². The molecule has 0 aliphatic heterocycles. The number of hydrogen-bond donors (Lipinski definition) is 2. The van der Waals surface area contributed by atoms with Crippen LogP contribution in [0.5, 0.6) is 5.75 Å². The molecule has 0 aliphatic rings. The molecule has 2 amide bonds. The van der Waals surface area contributed by atoms with E-state index in [1.807, 2.05) is 19.9 Å². The summed E-state index contributed by atoms with van der Waals surface area (Å²) in [4.78, 5) is 33.2. The fourth-order valence-corrected chi connectivity index (χ4v) is 2.81. The van der Waals surface area contributed by atoms with Gasteiger partial charge in [-0.25, -0.2) is 14.8 Å². The molecule has 0 spiro atoms. The lowest BCUT2D eigenvalue weighted by Crippen LogP contribution is -2.46. The summed E-state index contributed by atoms with van der Waals surface area (Å²) < 4.78 is 10.8. The molecule has 0 radical (unpaired) electrons. The van der Waals surface area contributed by atoms with Crippen molar-refractivity contribution in [3.63, 3.8) is 0 Å². The van der Waals surface area contributed by atoms with Gasteiger partial charge in [0.15, 0.2) is 0 Å². The Morgan fingerprint density at radius 2 is 1.90 bits per heavy atom. The van der Waals surface area contributed by atoms with E-state index < -0.39 is 17.7 Å². The van der Waals surface area contributed by atoms with Crippen LogP contribution < -0.4 is 15.4 Å². The third-order valence-corrected chi connectivity index (χ3v) is 4.04. The molecule has 0 saturated heterocycles.